The van der Waals surface area contributed by atoms with E-state index in [-0.39, 0.29) is 12.7 Å². The van der Waals surface area contributed by atoms with E-state index in [1.807, 2.05) is 18.2 Å². The van der Waals surface area contributed by atoms with Crippen molar-refractivity contribution in [3.63, 3.8) is 0 Å². The number of carbonyl (C=O) groups is 1. The molecular weight excluding hydrogens is 386 g/mol. The first kappa shape index (κ1) is 18.4. The van der Waals surface area contributed by atoms with Gasteiger partial charge in [-0.15, -0.1) is 0 Å². The van der Waals surface area contributed by atoms with Gasteiger partial charge in [-0.1, -0.05) is 0 Å². The Bertz CT molecular complexity index is 1100. The number of hydrogen-bond acceptors (Lipinski definition) is 6. The molecular formula is C22H21N3O5. The van der Waals surface area contributed by atoms with Crippen LogP contribution < -0.4 is 24.3 Å². The summed E-state index contributed by atoms with van der Waals surface area (Å²) in [5.41, 5.74) is 3.55. The number of nitrogens with one attached hydrogen (secondary N) is 2. The highest BCUT2D eigenvalue weighted by molar-refractivity contribution is 6.07. The second kappa shape index (κ2) is 7.29. The van der Waals surface area contributed by atoms with Crippen molar-refractivity contribution in [2.45, 2.75) is 18.8 Å². The minimum absolute atomic E-state index is 0.202. The van der Waals surface area contributed by atoms with E-state index in [1.165, 1.54) is 0 Å². The van der Waals surface area contributed by atoms with Gasteiger partial charge in [0.15, 0.2) is 11.5 Å². The van der Waals surface area contributed by atoms with Gasteiger partial charge in [-0.05, 0) is 43.2 Å². The Labute approximate surface area is 173 Å². The fourth-order valence-electron chi connectivity index (χ4n) is 3.53. The van der Waals surface area contributed by atoms with Crippen LogP contribution in [0.25, 0.3) is 11.3 Å². The van der Waals surface area contributed by atoms with Crippen LogP contribution in [0.2, 0.25) is 0 Å². The van der Waals surface area contributed by atoms with E-state index in [9.17, 15) is 4.79 Å². The lowest BCUT2D eigenvalue weighted by molar-refractivity contribution is 0.102. The lowest BCUT2D eigenvalue weighted by atomic mass is 10.1. The summed E-state index contributed by atoms with van der Waals surface area (Å²) in [4.78, 5) is 13.1. The molecule has 2 heterocycles. The van der Waals surface area contributed by atoms with Crippen LogP contribution in [0.1, 0.15) is 34.8 Å². The number of amides is 1. The monoisotopic (exact) mass is 407 g/mol. The van der Waals surface area contributed by atoms with Gasteiger partial charge in [0.1, 0.15) is 17.2 Å². The average molecular weight is 407 g/mol. The lowest BCUT2D eigenvalue weighted by Crippen LogP contribution is -2.13. The molecule has 1 amide bonds. The van der Waals surface area contributed by atoms with Crippen molar-refractivity contribution in [3.05, 3.63) is 47.7 Å². The number of anilines is 1. The summed E-state index contributed by atoms with van der Waals surface area (Å²) in [7, 11) is 3.10. The number of rotatable bonds is 6. The number of fused-ring (bicyclic) bond motifs is 1. The zero-order valence-electron chi connectivity index (χ0n) is 16.7. The predicted octanol–water partition coefficient (Wildman–Crippen LogP) is 3.95. The lowest BCUT2D eigenvalue weighted by Gasteiger charge is -2.11. The molecule has 1 fully saturated rings. The number of ether oxygens (including phenoxy) is 4. The maximum absolute atomic E-state index is 13.1. The van der Waals surface area contributed by atoms with Gasteiger partial charge < -0.3 is 24.3 Å². The molecule has 0 unspecified atom stereocenters. The van der Waals surface area contributed by atoms with Crippen LogP contribution in [0.4, 0.5) is 5.69 Å². The van der Waals surface area contributed by atoms with E-state index >= 15 is 0 Å². The second-order valence-corrected chi connectivity index (χ2v) is 7.26. The Morgan fingerprint density at radius 3 is 2.50 bits per heavy atom. The zero-order chi connectivity index (χ0) is 20.7. The van der Waals surface area contributed by atoms with Gasteiger partial charge in [0.05, 0.1) is 25.6 Å². The summed E-state index contributed by atoms with van der Waals surface area (Å²) in [6.45, 7) is 0.202. The van der Waals surface area contributed by atoms with Crippen molar-refractivity contribution >= 4 is 11.6 Å². The Morgan fingerprint density at radius 1 is 1.07 bits per heavy atom. The Morgan fingerprint density at radius 2 is 1.80 bits per heavy atom. The molecule has 2 aromatic carbocycles. The first-order valence-corrected chi connectivity index (χ1v) is 9.69. The fourth-order valence-corrected chi connectivity index (χ4v) is 3.53. The number of carbonyl (C=O) groups excluding carboxylic acids is 1. The van der Waals surface area contributed by atoms with E-state index in [0.717, 1.165) is 24.1 Å². The first-order valence-electron chi connectivity index (χ1n) is 9.69. The standard InChI is InChI=1S/C22H21N3O5/c1-27-15-7-14(8-16(10-15)28-2)22(26)23-21-19(12-3-4-12)24-25-20(21)13-5-6-17-18(9-13)30-11-29-17/h5-10,12H,3-4,11H2,1-2H3,(H,23,26)(H,24,25). The molecule has 3 aromatic rings. The molecule has 0 saturated heterocycles. The molecule has 0 atom stereocenters. The Hall–Kier alpha value is -3.68. The van der Waals surface area contributed by atoms with Gasteiger partial charge in [0.2, 0.25) is 6.79 Å². The number of aromatic amines is 1. The fraction of sp³-hybridized carbons (Fsp3) is 0.273. The number of aromatic nitrogens is 2. The summed E-state index contributed by atoms with van der Waals surface area (Å²) in [5, 5.41) is 10.7. The second-order valence-electron chi connectivity index (χ2n) is 7.26. The highest BCUT2D eigenvalue weighted by Gasteiger charge is 2.31. The Kier molecular flexibility index (Phi) is 4.46. The van der Waals surface area contributed by atoms with Gasteiger partial charge in [0.25, 0.3) is 5.91 Å². The molecule has 2 N–H and O–H groups in total. The van der Waals surface area contributed by atoms with Crippen molar-refractivity contribution < 1.29 is 23.7 Å². The number of methoxy groups -OCH3 is 2. The molecule has 154 valence electrons. The highest BCUT2D eigenvalue weighted by Crippen LogP contribution is 2.46. The average Bonchev–Trinajstić information content (AvgIpc) is 3.36. The first-order chi connectivity index (χ1) is 14.7. The van der Waals surface area contributed by atoms with E-state index in [0.29, 0.717) is 45.9 Å². The van der Waals surface area contributed by atoms with Gasteiger partial charge in [-0.2, -0.15) is 5.10 Å². The molecule has 0 spiro atoms. The smallest absolute Gasteiger partial charge is 0.256 e. The molecule has 5 rings (SSSR count). The molecule has 0 bridgehead atoms. The minimum atomic E-state index is -0.266. The third-order valence-corrected chi connectivity index (χ3v) is 5.28. The summed E-state index contributed by atoms with van der Waals surface area (Å²) in [6, 6.07) is 10.7. The molecule has 1 saturated carbocycles. The normalized spacial score (nSPS) is 14.5. The van der Waals surface area contributed by atoms with Crippen LogP contribution in [0.3, 0.4) is 0 Å². The van der Waals surface area contributed by atoms with E-state index in [4.69, 9.17) is 18.9 Å². The molecule has 1 aliphatic carbocycles. The third kappa shape index (κ3) is 3.30. The molecule has 8 heteroatoms. The van der Waals surface area contributed by atoms with Crippen molar-refractivity contribution in [3.8, 4) is 34.3 Å². The van der Waals surface area contributed by atoms with Crippen LogP contribution in [-0.4, -0.2) is 37.1 Å². The van der Waals surface area contributed by atoms with Crippen molar-refractivity contribution in [2.75, 3.05) is 26.3 Å². The van der Waals surface area contributed by atoms with Crippen LogP contribution >= 0.6 is 0 Å². The van der Waals surface area contributed by atoms with Gasteiger partial charge >= 0.3 is 0 Å². The van der Waals surface area contributed by atoms with Gasteiger partial charge in [-0.3, -0.25) is 9.89 Å². The third-order valence-electron chi connectivity index (χ3n) is 5.28. The number of nitrogens with zero attached hydrogens (tertiary/aromatic N) is 1. The van der Waals surface area contributed by atoms with E-state index < -0.39 is 0 Å². The summed E-state index contributed by atoms with van der Waals surface area (Å²) in [5.74, 6) is 2.56. The van der Waals surface area contributed by atoms with E-state index in [2.05, 4.69) is 15.5 Å². The van der Waals surface area contributed by atoms with Crippen LogP contribution in [0, 0.1) is 0 Å². The van der Waals surface area contributed by atoms with Crippen molar-refractivity contribution in [2.24, 2.45) is 0 Å². The van der Waals surface area contributed by atoms with Crippen LogP contribution in [-0.2, 0) is 0 Å². The van der Waals surface area contributed by atoms with Gasteiger partial charge in [0, 0.05) is 23.1 Å². The molecule has 8 nitrogen and oxygen atoms in total. The summed E-state index contributed by atoms with van der Waals surface area (Å²) >= 11 is 0. The summed E-state index contributed by atoms with van der Waals surface area (Å²) < 4.78 is 21.5. The van der Waals surface area contributed by atoms with Crippen LogP contribution in [0.15, 0.2) is 36.4 Å². The maximum Gasteiger partial charge on any atom is 0.256 e. The number of hydrogen-bond donors (Lipinski definition) is 2. The maximum atomic E-state index is 13.1. The molecule has 2 aliphatic rings. The van der Waals surface area contributed by atoms with Crippen LogP contribution in [0.5, 0.6) is 23.0 Å². The van der Waals surface area contributed by atoms with Crippen molar-refractivity contribution in [1.29, 1.82) is 0 Å². The molecule has 1 aliphatic heterocycles. The highest BCUT2D eigenvalue weighted by atomic mass is 16.7. The quantitative estimate of drug-likeness (QED) is 0.642. The minimum Gasteiger partial charge on any atom is -0.497 e. The van der Waals surface area contributed by atoms with E-state index in [1.54, 1.807) is 32.4 Å². The SMILES string of the molecule is COc1cc(OC)cc(C(=O)Nc2c(-c3ccc4c(c3)OCO4)n[nH]c2C2CC2)c1. The number of benzene rings is 2. The number of H-pyrrole nitrogens is 1. The molecule has 1 aromatic heterocycles. The van der Waals surface area contributed by atoms with Crippen molar-refractivity contribution in [1.82, 2.24) is 10.2 Å². The molecule has 30 heavy (non-hydrogen) atoms. The molecule has 0 radical (unpaired) electrons. The topological polar surface area (TPSA) is 94.7 Å². The predicted molar refractivity (Wildman–Crippen MR) is 110 cm³/mol. The zero-order valence-corrected chi connectivity index (χ0v) is 16.7. The Balaban J connectivity index is 1.51. The van der Waals surface area contributed by atoms with Gasteiger partial charge in [-0.25, -0.2) is 0 Å². The summed E-state index contributed by atoms with van der Waals surface area (Å²) in [6.07, 6.45) is 2.14. The largest absolute Gasteiger partial charge is 0.497 e.